The smallest absolute Gasteiger partial charge is 0.343 e. The number of hydrogen-bond acceptors (Lipinski definition) is 3. The van der Waals surface area contributed by atoms with Crippen LogP contribution in [0, 0.1) is 5.82 Å². The molecule has 17 heavy (non-hydrogen) atoms. The fourth-order valence-corrected chi connectivity index (χ4v) is 1.49. The molecular weight excluding hydrogens is 225 g/mol. The number of nitrogens with zero attached hydrogens (tertiary/aromatic N) is 1. The van der Waals surface area contributed by atoms with Crippen molar-refractivity contribution in [1.29, 1.82) is 0 Å². The predicted molar refractivity (Wildman–Crippen MR) is 57.2 cm³/mol. The fraction of sp³-hybridized carbons (Fsp3) is 0.167. The van der Waals surface area contributed by atoms with E-state index in [-0.39, 0.29) is 17.7 Å². The number of ether oxygens (including phenoxy) is 1. The summed E-state index contributed by atoms with van der Waals surface area (Å²) in [6.45, 7) is 1.80. The molecule has 0 aromatic heterocycles. The van der Waals surface area contributed by atoms with Crippen molar-refractivity contribution in [1.82, 2.24) is 5.32 Å². The first kappa shape index (κ1) is 11.3. The fourth-order valence-electron chi connectivity index (χ4n) is 1.49. The summed E-state index contributed by atoms with van der Waals surface area (Å²) in [4.78, 5) is 23.3. The van der Waals surface area contributed by atoms with Crippen LogP contribution >= 0.6 is 0 Å². The third kappa shape index (κ3) is 2.04. The van der Waals surface area contributed by atoms with Crippen LogP contribution in [0.4, 0.5) is 10.1 Å². The van der Waals surface area contributed by atoms with Gasteiger partial charge in [-0.3, -0.25) is 10.1 Å². The Balaban J connectivity index is 2.35. The summed E-state index contributed by atoms with van der Waals surface area (Å²) in [5.41, 5.74) is 0.255. The van der Waals surface area contributed by atoms with Gasteiger partial charge in [0, 0.05) is 6.20 Å². The van der Waals surface area contributed by atoms with E-state index in [1.165, 1.54) is 12.1 Å². The maximum Gasteiger partial charge on any atom is 0.343 e. The number of halogens is 1. The van der Waals surface area contributed by atoms with E-state index < -0.39 is 17.6 Å². The third-order valence-corrected chi connectivity index (χ3v) is 2.28. The van der Waals surface area contributed by atoms with Crippen molar-refractivity contribution in [3.63, 3.8) is 0 Å². The maximum absolute atomic E-state index is 13.0. The number of rotatable bonds is 2. The Hall–Kier alpha value is -2.17. The van der Waals surface area contributed by atoms with Crippen molar-refractivity contribution in [2.24, 2.45) is 0 Å². The molecule has 0 saturated carbocycles. The Labute approximate surface area is 97.1 Å². The lowest BCUT2D eigenvalue weighted by atomic mass is 9.99. The van der Waals surface area contributed by atoms with Gasteiger partial charge >= 0.3 is 5.97 Å². The highest BCUT2D eigenvalue weighted by molar-refractivity contribution is 6.26. The van der Waals surface area contributed by atoms with Crippen LogP contribution in [0.3, 0.4) is 0 Å². The minimum absolute atomic E-state index is 0.0792. The molecule has 1 aliphatic rings. The topological polar surface area (TPSA) is 57.5 Å². The van der Waals surface area contributed by atoms with Crippen molar-refractivity contribution < 1.29 is 18.7 Å². The Morgan fingerprint density at radius 3 is 2.94 bits per heavy atom. The van der Waals surface area contributed by atoms with Crippen LogP contribution < -0.4 is 5.32 Å². The second-order valence-electron chi connectivity index (χ2n) is 3.38. The van der Waals surface area contributed by atoms with E-state index in [1.54, 1.807) is 6.92 Å². The number of benzene rings is 1. The molecule has 2 rings (SSSR count). The van der Waals surface area contributed by atoms with E-state index in [4.69, 9.17) is 4.74 Å². The molecule has 0 saturated heterocycles. The number of hydrogen-bond donors (Lipinski definition) is 0. The van der Waals surface area contributed by atoms with Gasteiger partial charge in [0.1, 0.15) is 11.4 Å². The van der Waals surface area contributed by atoms with Crippen LogP contribution in [-0.4, -0.2) is 18.4 Å². The van der Waals surface area contributed by atoms with E-state index in [9.17, 15) is 14.0 Å². The number of carbonyl (C=O) groups is 2. The SMILES string of the molecule is CCOC(=O)C1=C[N]c2ccc(F)cc2C1=O. The van der Waals surface area contributed by atoms with Crippen LogP contribution in [0.2, 0.25) is 0 Å². The van der Waals surface area contributed by atoms with E-state index in [0.717, 1.165) is 12.3 Å². The van der Waals surface area contributed by atoms with Crippen molar-refractivity contribution in [3.05, 3.63) is 41.4 Å². The standard InChI is InChI=1S/C12H9FNO3/c1-2-17-12(16)9-6-14-10-4-3-7(13)5-8(10)11(9)15/h3-6H,2H2,1H3. The van der Waals surface area contributed by atoms with Gasteiger partial charge in [0.2, 0.25) is 5.78 Å². The molecule has 0 aliphatic carbocycles. The first-order valence-corrected chi connectivity index (χ1v) is 5.06. The molecule has 0 spiro atoms. The molecule has 0 N–H and O–H groups in total. The zero-order valence-corrected chi connectivity index (χ0v) is 9.07. The van der Waals surface area contributed by atoms with E-state index in [0.29, 0.717) is 5.69 Å². The van der Waals surface area contributed by atoms with Gasteiger partial charge in [0.15, 0.2) is 0 Å². The number of Topliss-reactive ketones (excluding diaryl/α,β-unsaturated/α-hetero) is 1. The summed E-state index contributed by atoms with van der Waals surface area (Å²) in [5, 5.41) is 3.92. The highest BCUT2D eigenvalue weighted by Gasteiger charge is 2.27. The second-order valence-corrected chi connectivity index (χ2v) is 3.38. The first-order chi connectivity index (χ1) is 8.13. The maximum atomic E-state index is 13.0. The second kappa shape index (κ2) is 4.37. The van der Waals surface area contributed by atoms with Gasteiger partial charge in [-0.2, -0.15) is 0 Å². The first-order valence-electron chi connectivity index (χ1n) is 5.06. The Bertz CT molecular complexity index is 522. The highest BCUT2D eigenvalue weighted by atomic mass is 19.1. The minimum Gasteiger partial charge on any atom is -0.462 e. The van der Waals surface area contributed by atoms with Gasteiger partial charge in [-0.25, -0.2) is 9.18 Å². The van der Waals surface area contributed by atoms with Crippen molar-refractivity contribution in [2.45, 2.75) is 6.92 Å². The van der Waals surface area contributed by atoms with Crippen LogP contribution in [-0.2, 0) is 9.53 Å². The molecule has 4 nitrogen and oxygen atoms in total. The molecule has 0 unspecified atom stereocenters. The van der Waals surface area contributed by atoms with Crippen LogP contribution in [0.5, 0.6) is 0 Å². The average molecular weight is 234 g/mol. The molecule has 1 aliphatic heterocycles. The van der Waals surface area contributed by atoms with Crippen molar-refractivity contribution >= 4 is 17.4 Å². The summed E-state index contributed by atoms with van der Waals surface area (Å²) in [6.07, 6.45) is 1.15. The monoisotopic (exact) mass is 234 g/mol. The molecule has 87 valence electrons. The Morgan fingerprint density at radius 1 is 1.47 bits per heavy atom. The molecule has 1 aromatic rings. The predicted octanol–water partition coefficient (Wildman–Crippen LogP) is 1.70. The highest BCUT2D eigenvalue weighted by Crippen LogP contribution is 2.25. The summed E-state index contributed by atoms with van der Waals surface area (Å²) >= 11 is 0. The number of esters is 1. The number of ketones is 1. The van der Waals surface area contributed by atoms with Gasteiger partial charge in [-0.05, 0) is 25.1 Å². The summed E-state index contributed by atoms with van der Waals surface area (Å²) in [6, 6.07) is 3.66. The molecule has 1 heterocycles. The normalized spacial score (nSPS) is 13.5. The minimum atomic E-state index is -0.740. The molecule has 1 radical (unpaired) electrons. The van der Waals surface area contributed by atoms with Crippen molar-refractivity contribution in [3.8, 4) is 0 Å². The van der Waals surface area contributed by atoms with Crippen molar-refractivity contribution in [2.75, 3.05) is 6.61 Å². The van der Waals surface area contributed by atoms with Gasteiger partial charge in [0.05, 0.1) is 17.9 Å². The average Bonchev–Trinajstić information content (AvgIpc) is 2.30. The number of fused-ring (bicyclic) bond motifs is 1. The van der Waals surface area contributed by atoms with Crippen LogP contribution in [0.15, 0.2) is 30.0 Å². The lowest BCUT2D eigenvalue weighted by Gasteiger charge is -2.14. The molecule has 1 aromatic carbocycles. The summed E-state index contributed by atoms with van der Waals surface area (Å²) in [5.74, 6) is -1.85. The summed E-state index contributed by atoms with van der Waals surface area (Å²) < 4.78 is 17.7. The molecule has 0 fully saturated rings. The Kier molecular flexibility index (Phi) is 2.91. The lowest BCUT2D eigenvalue weighted by Crippen LogP contribution is -2.21. The molecule has 0 bridgehead atoms. The van der Waals surface area contributed by atoms with Gasteiger partial charge < -0.3 is 4.74 Å². The quantitative estimate of drug-likeness (QED) is 0.578. The van der Waals surface area contributed by atoms with E-state index >= 15 is 0 Å². The van der Waals surface area contributed by atoms with Gasteiger partial charge in [-0.1, -0.05) is 0 Å². The van der Waals surface area contributed by atoms with E-state index in [1.807, 2.05) is 0 Å². The molecule has 0 atom stereocenters. The molecule has 0 amide bonds. The third-order valence-electron chi connectivity index (χ3n) is 2.28. The zero-order chi connectivity index (χ0) is 12.4. The van der Waals surface area contributed by atoms with Crippen LogP contribution in [0.1, 0.15) is 17.3 Å². The Morgan fingerprint density at radius 2 is 2.24 bits per heavy atom. The molecule has 5 heteroatoms. The number of carbonyl (C=O) groups excluding carboxylic acids is 2. The summed E-state index contributed by atoms with van der Waals surface area (Å²) in [7, 11) is 0. The van der Waals surface area contributed by atoms with E-state index in [2.05, 4.69) is 5.32 Å². The zero-order valence-electron chi connectivity index (χ0n) is 9.07. The lowest BCUT2D eigenvalue weighted by molar-refractivity contribution is -0.138. The molecular formula is C12H9FNO3. The van der Waals surface area contributed by atoms with Gasteiger partial charge in [-0.15, -0.1) is 0 Å². The van der Waals surface area contributed by atoms with Gasteiger partial charge in [0.25, 0.3) is 0 Å². The largest absolute Gasteiger partial charge is 0.462 e. The van der Waals surface area contributed by atoms with Crippen LogP contribution in [0.25, 0.3) is 0 Å².